The average Bonchev–Trinajstić information content (AvgIpc) is 2.54. The highest BCUT2D eigenvalue weighted by atomic mass is 19.4. The van der Waals surface area contributed by atoms with Crippen LogP contribution >= 0.6 is 0 Å². The molecule has 2 aromatic carbocycles. The second-order valence-corrected chi connectivity index (χ2v) is 5.59. The molecule has 0 radical (unpaired) electrons. The number of anilines is 2. The van der Waals surface area contributed by atoms with Crippen LogP contribution < -0.4 is 15.8 Å². The Hall–Kier alpha value is -2.70. The maximum absolute atomic E-state index is 13.0. The SMILES string of the molecule is CCCOc1ccc(C(F)(F)F)cc1NC(=O)c1cc(N)ccc1C. The molecule has 2 aromatic rings. The van der Waals surface area contributed by atoms with Gasteiger partial charge in [0.05, 0.1) is 17.9 Å². The first kappa shape index (κ1) is 18.6. The molecule has 1 amide bonds. The number of carbonyl (C=O) groups is 1. The number of nitrogens with two attached hydrogens (primary N) is 1. The molecule has 4 nitrogen and oxygen atoms in total. The zero-order chi connectivity index (χ0) is 18.6. The lowest BCUT2D eigenvalue weighted by atomic mass is 10.1. The molecule has 0 aliphatic carbocycles. The summed E-state index contributed by atoms with van der Waals surface area (Å²) in [5.74, 6) is -0.366. The van der Waals surface area contributed by atoms with Gasteiger partial charge in [0.2, 0.25) is 0 Å². The maximum atomic E-state index is 13.0. The number of amides is 1. The minimum Gasteiger partial charge on any atom is -0.491 e. The van der Waals surface area contributed by atoms with Gasteiger partial charge < -0.3 is 15.8 Å². The van der Waals surface area contributed by atoms with Crippen LogP contribution in [-0.4, -0.2) is 12.5 Å². The minimum atomic E-state index is -4.52. The van der Waals surface area contributed by atoms with Crippen LogP contribution in [-0.2, 0) is 6.18 Å². The standard InChI is InChI=1S/C18H19F3N2O2/c1-3-8-25-16-7-5-12(18(19,20)21)9-15(16)23-17(24)14-10-13(22)6-4-11(14)2/h4-7,9-10H,3,8,22H2,1-2H3,(H,23,24). The van der Waals surface area contributed by atoms with E-state index >= 15 is 0 Å². The van der Waals surface area contributed by atoms with Gasteiger partial charge in [-0.25, -0.2) is 0 Å². The topological polar surface area (TPSA) is 64.3 Å². The van der Waals surface area contributed by atoms with Gasteiger partial charge in [-0.05, 0) is 49.2 Å². The zero-order valence-electron chi connectivity index (χ0n) is 13.9. The van der Waals surface area contributed by atoms with E-state index in [1.807, 2.05) is 6.92 Å². The summed E-state index contributed by atoms with van der Waals surface area (Å²) in [5, 5.41) is 2.50. The Labute approximate surface area is 143 Å². The number of carbonyl (C=O) groups excluding carboxylic acids is 1. The molecular formula is C18H19F3N2O2. The van der Waals surface area contributed by atoms with Crippen LogP contribution in [0.5, 0.6) is 5.75 Å². The van der Waals surface area contributed by atoms with Crippen LogP contribution in [0.25, 0.3) is 0 Å². The van der Waals surface area contributed by atoms with Crippen LogP contribution in [0.2, 0.25) is 0 Å². The van der Waals surface area contributed by atoms with Gasteiger partial charge in [0, 0.05) is 11.3 Å². The van der Waals surface area contributed by atoms with Crippen LogP contribution in [0.15, 0.2) is 36.4 Å². The summed E-state index contributed by atoms with van der Waals surface area (Å²) in [6.45, 7) is 3.92. The fraction of sp³-hybridized carbons (Fsp3) is 0.278. The molecule has 0 spiro atoms. The van der Waals surface area contributed by atoms with Crippen molar-refractivity contribution in [1.29, 1.82) is 0 Å². The van der Waals surface area contributed by atoms with Gasteiger partial charge >= 0.3 is 6.18 Å². The maximum Gasteiger partial charge on any atom is 0.416 e. The molecule has 2 rings (SSSR count). The van der Waals surface area contributed by atoms with Crippen molar-refractivity contribution in [3.05, 3.63) is 53.1 Å². The number of hydrogen-bond acceptors (Lipinski definition) is 3. The van der Waals surface area contributed by atoms with Crippen LogP contribution in [0.4, 0.5) is 24.5 Å². The van der Waals surface area contributed by atoms with Crippen molar-refractivity contribution in [3.8, 4) is 5.75 Å². The molecule has 0 saturated carbocycles. The highest BCUT2D eigenvalue weighted by Gasteiger charge is 2.31. The zero-order valence-corrected chi connectivity index (χ0v) is 13.9. The molecule has 0 heterocycles. The van der Waals surface area contributed by atoms with Crippen molar-refractivity contribution >= 4 is 17.3 Å². The van der Waals surface area contributed by atoms with Gasteiger partial charge in [-0.3, -0.25) is 4.79 Å². The lowest BCUT2D eigenvalue weighted by molar-refractivity contribution is -0.137. The molecule has 0 bridgehead atoms. The van der Waals surface area contributed by atoms with E-state index in [9.17, 15) is 18.0 Å². The van der Waals surface area contributed by atoms with Gasteiger partial charge in [-0.1, -0.05) is 13.0 Å². The molecule has 134 valence electrons. The third kappa shape index (κ3) is 4.65. The van der Waals surface area contributed by atoms with Gasteiger partial charge in [-0.2, -0.15) is 13.2 Å². The Kier molecular flexibility index (Phi) is 5.56. The quantitative estimate of drug-likeness (QED) is 0.771. The highest BCUT2D eigenvalue weighted by molar-refractivity contribution is 6.06. The fourth-order valence-corrected chi connectivity index (χ4v) is 2.22. The Balaban J connectivity index is 2.37. The Bertz CT molecular complexity index is 773. The van der Waals surface area contributed by atoms with Crippen molar-refractivity contribution in [1.82, 2.24) is 0 Å². The average molecular weight is 352 g/mol. The number of nitrogen functional groups attached to an aromatic ring is 1. The summed E-state index contributed by atoms with van der Waals surface area (Å²) in [6.07, 6.45) is -3.83. The Morgan fingerprint density at radius 1 is 1.20 bits per heavy atom. The van der Waals surface area contributed by atoms with Crippen LogP contribution in [0.1, 0.15) is 34.8 Å². The van der Waals surface area contributed by atoms with Crippen LogP contribution in [0, 0.1) is 6.92 Å². The molecule has 0 aromatic heterocycles. The molecule has 3 N–H and O–H groups in total. The van der Waals surface area contributed by atoms with Gasteiger partial charge in [0.25, 0.3) is 5.91 Å². The van der Waals surface area contributed by atoms with Crippen molar-refractivity contribution in [3.63, 3.8) is 0 Å². The van der Waals surface area contributed by atoms with Crippen molar-refractivity contribution in [2.24, 2.45) is 0 Å². The van der Waals surface area contributed by atoms with Gasteiger partial charge in [0.1, 0.15) is 5.75 Å². The second kappa shape index (κ2) is 7.46. The van der Waals surface area contributed by atoms with E-state index in [4.69, 9.17) is 10.5 Å². The molecular weight excluding hydrogens is 333 g/mol. The molecule has 0 aliphatic rings. The second-order valence-electron chi connectivity index (χ2n) is 5.59. The van der Waals surface area contributed by atoms with Crippen molar-refractivity contribution < 1.29 is 22.7 Å². The van der Waals surface area contributed by atoms with E-state index in [0.29, 0.717) is 29.8 Å². The molecule has 0 saturated heterocycles. The van der Waals surface area contributed by atoms with E-state index in [1.54, 1.807) is 19.1 Å². The lowest BCUT2D eigenvalue weighted by Crippen LogP contribution is -2.16. The summed E-state index contributed by atoms with van der Waals surface area (Å²) in [5.41, 5.74) is 6.13. The number of nitrogens with one attached hydrogen (secondary N) is 1. The summed E-state index contributed by atoms with van der Waals surface area (Å²) >= 11 is 0. The smallest absolute Gasteiger partial charge is 0.416 e. The molecule has 7 heteroatoms. The third-order valence-corrected chi connectivity index (χ3v) is 3.52. The highest BCUT2D eigenvalue weighted by Crippen LogP contribution is 2.35. The summed E-state index contributed by atoms with van der Waals surface area (Å²) in [4.78, 5) is 12.5. The largest absolute Gasteiger partial charge is 0.491 e. The molecule has 25 heavy (non-hydrogen) atoms. The van der Waals surface area contributed by atoms with Gasteiger partial charge in [-0.15, -0.1) is 0 Å². The Morgan fingerprint density at radius 2 is 1.92 bits per heavy atom. The summed E-state index contributed by atoms with van der Waals surface area (Å²) < 4.78 is 44.3. The van der Waals surface area contributed by atoms with Crippen molar-refractivity contribution in [2.45, 2.75) is 26.4 Å². The number of benzene rings is 2. The minimum absolute atomic E-state index is 0.0323. The predicted octanol–water partition coefficient (Wildman–Crippen LogP) is 4.64. The molecule has 0 atom stereocenters. The first-order valence-corrected chi connectivity index (χ1v) is 7.74. The number of ether oxygens (including phenoxy) is 1. The predicted molar refractivity (Wildman–Crippen MR) is 90.8 cm³/mol. The van der Waals surface area contributed by atoms with E-state index < -0.39 is 17.6 Å². The van der Waals surface area contributed by atoms with E-state index in [-0.39, 0.29) is 11.4 Å². The summed E-state index contributed by atoms with van der Waals surface area (Å²) in [6, 6.07) is 7.79. The number of hydrogen-bond donors (Lipinski definition) is 2. The third-order valence-electron chi connectivity index (χ3n) is 3.52. The number of rotatable bonds is 5. The number of alkyl halides is 3. The van der Waals surface area contributed by atoms with Gasteiger partial charge in [0.15, 0.2) is 0 Å². The molecule has 0 fully saturated rings. The van der Waals surface area contributed by atoms with Crippen LogP contribution in [0.3, 0.4) is 0 Å². The normalized spacial score (nSPS) is 11.2. The number of aryl methyl sites for hydroxylation is 1. The van der Waals surface area contributed by atoms with Crippen molar-refractivity contribution in [2.75, 3.05) is 17.7 Å². The van der Waals surface area contributed by atoms with E-state index in [0.717, 1.165) is 12.1 Å². The fourth-order valence-electron chi connectivity index (χ4n) is 2.22. The lowest BCUT2D eigenvalue weighted by Gasteiger charge is -2.16. The monoisotopic (exact) mass is 352 g/mol. The molecule has 0 unspecified atom stereocenters. The van der Waals surface area contributed by atoms with E-state index in [2.05, 4.69) is 5.32 Å². The first-order chi connectivity index (χ1) is 11.7. The molecule has 0 aliphatic heterocycles. The Morgan fingerprint density at radius 3 is 2.56 bits per heavy atom. The summed E-state index contributed by atoms with van der Waals surface area (Å²) in [7, 11) is 0. The first-order valence-electron chi connectivity index (χ1n) is 7.74. The van der Waals surface area contributed by atoms with E-state index in [1.165, 1.54) is 12.1 Å². The number of halogens is 3.